The van der Waals surface area contributed by atoms with E-state index in [1.807, 2.05) is 19.1 Å². The van der Waals surface area contributed by atoms with E-state index >= 15 is 0 Å². The van der Waals surface area contributed by atoms with Crippen molar-refractivity contribution in [2.24, 2.45) is 5.73 Å². The van der Waals surface area contributed by atoms with E-state index in [0.717, 1.165) is 11.5 Å². The Morgan fingerprint density at radius 1 is 1.71 bits per heavy atom. The third kappa shape index (κ3) is 3.43. The summed E-state index contributed by atoms with van der Waals surface area (Å²) in [6.45, 7) is 1.87. The predicted molar refractivity (Wildman–Crippen MR) is 55.2 cm³/mol. The maximum atomic E-state index is 10.4. The van der Waals surface area contributed by atoms with Crippen molar-refractivity contribution in [1.29, 1.82) is 0 Å². The predicted octanol–water partition coefficient (Wildman–Crippen LogP) is 1.23. The minimum Gasteiger partial charge on any atom is -0.480 e. The number of carboxylic acid groups (broad SMARTS) is 1. The summed E-state index contributed by atoms with van der Waals surface area (Å²) < 4.78 is 5.32. The largest absolute Gasteiger partial charge is 0.480 e. The molecule has 0 amide bonds. The smallest absolute Gasteiger partial charge is 0.321 e. The van der Waals surface area contributed by atoms with E-state index in [1.165, 1.54) is 11.8 Å². The zero-order chi connectivity index (χ0) is 10.6. The van der Waals surface area contributed by atoms with Gasteiger partial charge in [0.2, 0.25) is 0 Å². The van der Waals surface area contributed by atoms with E-state index in [0.29, 0.717) is 11.5 Å². The van der Waals surface area contributed by atoms with Gasteiger partial charge >= 0.3 is 5.97 Å². The summed E-state index contributed by atoms with van der Waals surface area (Å²) in [5.74, 6) is 1.81. The molecule has 1 aromatic rings. The van der Waals surface area contributed by atoms with Gasteiger partial charge in [0.05, 0.1) is 5.75 Å². The SMILES string of the molecule is Cc1ccc(CSC[C@H](N)C(=O)O)o1. The molecule has 0 spiro atoms. The first-order chi connectivity index (χ1) is 6.59. The molecule has 0 aliphatic rings. The van der Waals surface area contributed by atoms with Gasteiger partial charge in [-0.15, -0.1) is 0 Å². The van der Waals surface area contributed by atoms with Gasteiger partial charge in [-0.25, -0.2) is 0 Å². The van der Waals surface area contributed by atoms with Crippen molar-refractivity contribution in [3.8, 4) is 0 Å². The van der Waals surface area contributed by atoms with Crippen LogP contribution in [0.4, 0.5) is 0 Å². The number of furan rings is 1. The zero-order valence-corrected chi connectivity index (χ0v) is 8.71. The minimum atomic E-state index is -0.965. The molecule has 0 saturated carbocycles. The van der Waals surface area contributed by atoms with Crippen LogP contribution in [0.25, 0.3) is 0 Å². The average Bonchev–Trinajstić information content (AvgIpc) is 2.51. The molecule has 0 aliphatic heterocycles. The molecule has 78 valence electrons. The zero-order valence-electron chi connectivity index (χ0n) is 7.90. The lowest BCUT2D eigenvalue weighted by Gasteiger charge is -2.03. The van der Waals surface area contributed by atoms with Crippen molar-refractivity contribution < 1.29 is 14.3 Å². The van der Waals surface area contributed by atoms with Crippen LogP contribution in [0.5, 0.6) is 0 Å². The van der Waals surface area contributed by atoms with Crippen LogP contribution in [0, 0.1) is 6.92 Å². The first-order valence-electron chi connectivity index (χ1n) is 4.21. The normalized spacial score (nSPS) is 12.7. The molecule has 3 N–H and O–H groups in total. The van der Waals surface area contributed by atoms with Crippen LogP contribution in [0.2, 0.25) is 0 Å². The van der Waals surface area contributed by atoms with Gasteiger partial charge < -0.3 is 15.3 Å². The number of thioether (sulfide) groups is 1. The highest BCUT2D eigenvalue weighted by Crippen LogP contribution is 2.15. The first-order valence-corrected chi connectivity index (χ1v) is 5.36. The van der Waals surface area contributed by atoms with Crippen molar-refractivity contribution in [3.05, 3.63) is 23.7 Å². The molecule has 4 nitrogen and oxygen atoms in total. The fourth-order valence-electron chi connectivity index (χ4n) is 0.920. The number of aliphatic carboxylic acids is 1. The highest BCUT2D eigenvalue weighted by molar-refractivity contribution is 7.98. The Labute approximate surface area is 86.5 Å². The fraction of sp³-hybridized carbons (Fsp3) is 0.444. The molecule has 0 fully saturated rings. The molecule has 14 heavy (non-hydrogen) atoms. The van der Waals surface area contributed by atoms with Crippen molar-refractivity contribution >= 4 is 17.7 Å². The first kappa shape index (κ1) is 11.1. The molecule has 0 unspecified atom stereocenters. The van der Waals surface area contributed by atoms with E-state index in [-0.39, 0.29) is 0 Å². The molecule has 1 heterocycles. The number of nitrogens with two attached hydrogens (primary N) is 1. The summed E-state index contributed by atoms with van der Waals surface area (Å²) in [5.41, 5.74) is 5.33. The molecular weight excluding hydrogens is 202 g/mol. The Hall–Kier alpha value is -0.940. The van der Waals surface area contributed by atoms with E-state index in [9.17, 15) is 4.79 Å². The van der Waals surface area contributed by atoms with E-state index < -0.39 is 12.0 Å². The van der Waals surface area contributed by atoms with Crippen molar-refractivity contribution in [2.75, 3.05) is 5.75 Å². The summed E-state index contributed by atoms with van der Waals surface area (Å²) in [7, 11) is 0. The summed E-state index contributed by atoms with van der Waals surface area (Å²) in [5, 5.41) is 8.52. The Morgan fingerprint density at radius 3 is 2.93 bits per heavy atom. The quantitative estimate of drug-likeness (QED) is 0.772. The van der Waals surface area contributed by atoms with Crippen molar-refractivity contribution in [2.45, 2.75) is 18.7 Å². The number of carboxylic acids is 1. The van der Waals surface area contributed by atoms with Crippen LogP contribution in [0.15, 0.2) is 16.5 Å². The van der Waals surface area contributed by atoms with E-state index in [4.69, 9.17) is 15.3 Å². The third-order valence-corrected chi connectivity index (χ3v) is 2.74. The van der Waals surface area contributed by atoms with Crippen molar-refractivity contribution in [1.82, 2.24) is 0 Å². The molecule has 0 aliphatic carbocycles. The molecule has 0 saturated heterocycles. The maximum absolute atomic E-state index is 10.4. The molecule has 0 bridgehead atoms. The standard InChI is InChI=1S/C9H13NO3S/c1-6-2-3-7(13-6)4-14-5-8(10)9(11)12/h2-3,8H,4-5,10H2,1H3,(H,11,12)/t8-/m0/s1. The van der Waals surface area contributed by atoms with Crippen LogP contribution in [-0.2, 0) is 10.5 Å². The van der Waals surface area contributed by atoms with Crippen LogP contribution in [0.3, 0.4) is 0 Å². The molecule has 0 radical (unpaired) electrons. The second-order valence-electron chi connectivity index (χ2n) is 2.97. The van der Waals surface area contributed by atoms with Crippen LogP contribution in [-0.4, -0.2) is 22.9 Å². The second kappa shape index (κ2) is 5.07. The minimum absolute atomic E-state index is 0.398. The number of hydrogen-bond donors (Lipinski definition) is 2. The van der Waals surface area contributed by atoms with Crippen LogP contribution in [0.1, 0.15) is 11.5 Å². The lowest BCUT2D eigenvalue weighted by Crippen LogP contribution is -2.32. The van der Waals surface area contributed by atoms with Gasteiger partial charge in [-0.05, 0) is 19.1 Å². The lowest BCUT2D eigenvalue weighted by atomic mass is 10.4. The third-order valence-electron chi connectivity index (χ3n) is 1.65. The average molecular weight is 215 g/mol. The molecule has 1 rings (SSSR count). The van der Waals surface area contributed by atoms with E-state index in [1.54, 1.807) is 0 Å². The fourth-order valence-corrected chi connectivity index (χ4v) is 1.79. The Balaban J connectivity index is 2.25. The molecule has 5 heteroatoms. The summed E-state index contributed by atoms with van der Waals surface area (Å²) in [6, 6.07) is 2.97. The summed E-state index contributed by atoms with van der Waals surface area (Å²) in [4.78, 5) is 10.4. The maximum Gasteiger partial charge on any atom is 0.321 e. The molecule has 0 aromatic carbocycles. The highest BCUT2D eigenvalue weighted by Gasteiger charge is 2.11. The Morgan fingerprint density at radius 2 is 2.43 bits per heavy atom. The van der Waals surface area contributed by atoms with Gasteiger partial charge in [0.25, 0.3) is 0 Å². The van der Waals surface area contributed by atoms with Gasteiger partial charge in [-0.3, -0.25) is 4.79 Å². The molecule has 1 aromatic heterocycles. The highest BCUT2D eigenvalue weighted by atomic mass is 32.2. The number of rotatable bonds is 5. The molecule has 1 atom stereocenters. The molecular formula is C9H13NO3S. The topological polar surface area (TPSA) is 76.5 Å². The summed E-state index contributed by atoms with van der Waals surface area (Å²) >= 11 is 1.46. The van der Waals surface area contributed by atoms with Gasteiger partial charge in [0, 0.05) is 5.75 Å². The van der Waals surface area contributed by atoms with Crippen LogP contribution < -0.4 is 5.73 Å². The Kier molecular flexibility index (Phi) is 4.03. The van der Waals surface area contributed by atoms with Gasteiger partial charge in [0.15, 0.2) is 0 Å². The van der Waals surface area contributed by atoms with Gasteiger partial charge in [-0.1, -0.05) is 0 Å². The Bertz CT molecular complexity index is 311. The number of carbonyl (C=O) groups is 1. The summed E-state index contributed by atoms with van der Waals surface area (Å²) in [6.07, 6.45) is 0. The number of aryl methyl sites for hydroxylation is 1. The van der Waals surface area contributed by atoms with E-state index in [2.05, 4.69) is 0 Å². The monoisotopic (exact) mass is 215 g/mol. The van der Waals surface area contributed by atoms with Crippen LogP contribution >= 0.6 is 11.8 Å². The van der Waals surface area contributed by atoms with Gasteiger partial charge in [0.1, 0.15) is 17.6 Å². The van der Waals surface area contributed by atoms with Crippen molar-refractivity contribution in [3.63, 3.8) is 0 Å². The van der Waals surface area contributed by atoms with Gasteiger partial charge in [-0.2, -0.15) is 11.8 Å². The number of hydrogen-bond acceptors (Lipinski definition) is 4. The lowest BCUT2D eigenvalue weighted by molar-refractivity contribution is -0.137. The second-order valence-corrected chi connectivity index (χ2v) is 4.00.